The van der Waals surface area contributed by atoms with E-state index in [9.17, 15) is 0 Å². The fourth-order valence-corrected chi connectivity index (χ4v) is 4.14. The molecule has 0 aromatic carbocycles. The van der Waals surface area contributed by atoms with Crippen LogP contribution in [0.3, 0.4) is 0 Å². The minimum Gasteiger partial charge on any atom is -0.319 e. The third kappa shape index (κ3) is 3.27. The Balaban J connectivity index is 1.96. The fraction of sp³-hybridized carbons (Fsp3) is 1.00. The summed E-state index contributed by atoms with van der Waals surface area (Å²) in [7, 11) is 2.12. The van der Waals surface area contributed by atoms with E-state index in [2.05, 4.69) is 31.1 Å². The van der Waals surface area contributed by atoms with E-state index < -0.39 is 0 Å². The Kier molecular flexibility index (Phi) is 5.08. The highest BCUT2D eigenvalue weighted by Gasteiger charge is 2.37. The zero-order chi connectivity index (χ0) is 13.0. The molecule has 0 bridgehead atoms. The molecule has 2 atom stereocenters. The minimum atomic E-state index is 0.582. The van der Waals surface area contributed by atoms with E-state index in [1.807, 2.05) is 0 Å². The van der Waals surface area contributed by atoms with Gasteiger partial charge in [-0.25, -0.2) is 0 Å². The van der Waals surface area contributed by atoms with Gasteiger partial charge in [-0.15, -0.1) is 0 Å². The van der Waals surface area contributed by atoms with Gasteiger partial charge in [-0.3, -0.25) is 4.90 Å². The first-order chi connectivity index (χ1) is 8.69. The summed E-state index contributed by atoms with van der Waals surface area (Å²) in [5.41, 5.74) is 0.582. The van der Waals surface area contributed by atoms with Crippen LogP contribution in [0.15, 0.2) is 0 Å². The van der Waals surface area contributed by atoms with Gasteiger partial charge in [0, 0.05) is 25.7 Å². The highest BCUT2D eigenvalue weighted by molar-refractivity contribution is 4.91. The van der Waals surface area contributed by atoms with Crippen molar-refractivity contribution < 1.29 is 0 Å². The lowest BCUT2D eigenvalue weighted by Crippen LogP contribution is -2.49. The third-order valence-corrected chi connectivity index (χ3v) is 5.44. The van der Waals surface area contributed by atoms with Crippen LogP contribution in [0.2, 0.25) is 0 Å². The lowest BCUT2D eigenvalue weighted by molar-refractivity contribution is 0.0629. The van der Waals surface area contributed by atoms with Crippen LogP contribution in [0.5, 0.6) is 0 Å². The van der Waals surface area contributed by atoms with Crippen molar-refractivity contribution in [3.8, 4) is 0 Å². The average molecular weight is 252 g/mol. The van der Waals surface area contributed by atoms with Gasteiger partial charge in [0.25, 0.3) is 0 Å². The Morgan fingerprint density at radius 1 is 1.22 bits per heavy atom. The molecule has 1 saturated carbocycles. The SMILES string of the molecule is CCC1CCC(C)N(CC2(CNC)CCCC2)C1. The Morgan fingerprint density at radius 2 is 1.94 bits per heavy atom. The molecule has 2 fully saturated rings. The molecule has 0 amide bonds. The van der Waals surface area contributed by atoms with E-state index >= 15 is 0 Å². The summed E-state index contributed by atoms with van der Waals surface area (Å²) in [6.45, 7) is 8.70. The molecule has 0 aromatic heterocycles. The second-order valence-electron chi connectivity index (χ2n) is 6.87. The third-order valence-electron chi connectivity index (χ3n) is 5.44. The summed E-state index contributed by atoms with van der Waals surface area (Å²) in [5.74, 6) is 0.953. The maximum atomic E-state index is 3.45. The summed E-state index contributed by atoms with van der Waals surface area (Å²) in [6.07, 6.45) is 9.99. The largest absolute Gasteiger partial charge is 0.319 e. The van der Waals surface area contributed by atoms with Gasteiger partial charge in [0.05, 0.1) is 0 Å². The van der Waals surface area contributed by atoms with Crippen molar-refractivity contribution in [1.29, 1.82) is 0 Å². The van der Waals surface area contributed by atoms with Gasteiger partial charge in [0.2, 0.25) is 0 Å². The Labute approximate surface area is 114 Å². The summed E-state index contributed by atoms with van der Waals surface area (Å²) in [5, 5.41) is 3.45. The molecule has 2 rings (SSSR count). The van der Waals surface area contributed by atoms with Gasteiger partial charge in [0.15, 0.2) is 0 Å². The highest BCUT2D eigenvalue weighted by Crippen LogP contribution is 2.39. The Morgan fingerprint density at radius 3 is 2.56 bits per heavy atom. The molecular formula is C16H32N2. The Hall–Kier alpha value is -0.0800. The zero-order valence-electron chi connectivity index (χ0n) is 12.7. The van der Waals surface area contributed by atoms with Crippen LogP contribution >= 0.6 is 0 Å². The highest BCUT2D eigenvalue weighted by atomic mass is 15.2. The van der Waals surface area contributed by atoms with Gasteiger partial charge in [0.1, 0.15) is 0 Å². The molecule has 2 aliphatic rings. The minimum absolute atomic E-state index is 0.582. The first-order valence-electron chi connectivity index (χ1n) is 8.08. The second kappa shape index (κ2) is 6.38. The monoisotopic (exact) mass is 252 g/mol. The molecule has 2 nitrogen and oxygen atoms in total. The topological polar surface area (TPSA) is 15.3 Å². The lowest BCUT2D eigenvalue weighted by Gasteiger charge is -2.43. The number of nitrogens with one attached hydrogen (secondary N) is 1. The molecule has 2 heteroatoms. The van der Waals surface area contributed by atoms with Crippen molar-refractivity contribution in [2.45, 2.75) is 64.8 Å². The summed E-state index contributed by atoms with van der Waals surface area (Å²) in [4.78, 5) is 2.81. The molecule has 1 aliphatic carbocycles. The quantitative estimate of drug-likeness (QED) is 0.808. The van der Waals surface area contributed by atoms with Crippen molar-refractivity contribution >= 4 is 0 Å². The number of rotatable bonds is 5. The van der Waals surface area contributed by atoms with Crippen molar-refractivity contribution in [3.63, 3.8) is 0 Å². The zero-order valence-corrected chi connectivity index (χ0v) is 12.7. The van der Waals surface area contributed by atoms with E-state index in [1.54, 1.807) is 0 Å². The van der Waals surface area contributed by atoms with Crippen LogP contribution in [0.4, 0.5) is 0 Å². The number of piperidine rings is 1. The van der Waals surface area contributed by atoms with Crippen molar-refractivity contribution in [2.24, 2.45) is 11.3 Å². The van der Waals surface area contributed by atoms with Gasteiger partial charge in [-0.05, 0) is 51.0 Å². The molecule has 0 aromatic rings. The molecule has 2 unspecified atom stereocenters. The molecule has 1 N–H and O–H groups in total. The first-order valence-corrected chi connectivity index (χ1v) is 8.08. The van der Waals surface area contributed by atoms with Crippen molar-refractivity contribution in [1.82, 2.24) is 10.2 Å². The van der Waals surface area contributed by atoms with E-state index in [0.29, 0.717) is 5.41 Å². The molecule has 0 radical (unpaired) electrons. The molecular weight excluding hydrogens is 220 g/mol. The molecule has 106 valence electrons. The molecule has 1 aliphatic heterocycles. The number of likely N-dealkylation sites (tertiary alicyclic amines) is 1. The normalized spacial score (nSPS) is 32.8. The predicted octanol–water partition coefficient (Wildman–Crippen LogP) is 3.28. The maximum absolute atomic E-state index is 3.45. The molecule has 1 heterocycles. The summed E-state index contributed by atoms with van der Waals surface area (Å²) in [6, 6.07) is 0.808. The van der Waals surface area contributed by atoms with Crippen LogP contribution in [0, 0.1) is 11.3 Å². The van der Waals surface area contributed by atoms with Crippen molar-refractivity contribution in [2.75, 3.05) is 26.7 Å². The summed E-state index contributed by atoms with van der Waals surface area (Å²) < 4.78 is 0. The maximum Gasteiger partial charge on any atom is 0.00673 e. The van der Waals surface area contributed by atoms with E-state index in [-0.39, 0.29) is 0 Å². The van der Waals surface area contributed by atoms with Crippen LogP contribution in [-0.2, 0) is 0 Å². The number of hydrogen-bond donors (Lipinski definition) is 1. The second-order valence-corrected chi connectivity index (χ2v) is 6.87. The standard InChI is InChI=1S/C16H32N2/c1-4-15-8-7-14(2)18(11-15)13-16(12-17-3)9-5-6-10-16/h14-15,17H,4-13H2,1-3H3. The van der Waals surface area contributed by atoms with Crippen LogP contribution in [0.25, 0.3) is 0 Å². The van der Waals surface area contributed by atoms with Crippen LogP contribution < -0.4 is 5.32 Å². The van der Waals surface area contributed by atoms with E-state index in [0.717, 1.165) is 12.0 Å². The van der Waals surface area contributed by atoms with E-state index in [1.165, 1.54) is 64.6 Å². The van der Waals surface area contributed by atoms with Gasteiger partial charge in [-0.1, -0.05) is 26.2 Å². The van der Waals surface area contributed by atoms with E-state index in [4.69, 9.17) is 0 Å². The number of hydrogen-bond acceptors (Lipinski definition) is 2. The number of nitrogens with zero attached hydrogens (tertiary/aromatic N) is 1. The lowest BCUT2D eigenvalue weighted by atomic mass is 9.83. The van der Waals surface area contributed by atoms with Crippen LogP contribution in [-0.4, -0.2) is 37.6 Å². The average Bonchev–Trinajstić information content (AvgIpc) is 2.81. The predicted molar refractivity (Wildman–Crippen MR) is 78.9 cm³/mol. The summed E-state index contributed by atoms with van der Waals surface area (Å²) >= 11 is 0. The molecule has 1 saturated heterocycles. The molecule has 18 heavy (non-hydrogen) atoms. The van der Waals surface area contributed by atoms with Gasteiger partial charge in [-0.2, -0.15) is 0 Å². The van der Waals surface area contributed by atoms with Gasteiger partial charge >= 0.3 is 0 Å². The first kappa shape index (κ1) is 14.3. The molecule has 0 spiro atoms. The Bertz CT molecular complexity index is 245. The smallest absolute Gasteiger partial charge is 0.00673 e. The van der Waals surface area contributed by atoms with Gasteiger partial charge < -0.3 is 5.32 Å². The van der Waals surface area contributed by atoms with Crippen molar-refractivity contribution in [3.05, 3.63) is 0 Å². The fourth-order valence-electron chi connectivity index (χ4n) is 4.14. The van der Waals surface area contributed by atoms with Crippen LogP contribution in [0.1, 0.15) is 58.8 Å².